The SMILES string of the molecule is O=C(O)c1cc(C#CC#Cc2ccccc2)cc(C(=O)O)c1. The summed E-state index contributed by atoms with van der Waals surface area (Å²) in [4.78, 5) is 21.9. The van der Waals surface area contributed by atoms with Crippen molar-refractivity contribution in [2.45, 2.75) is 0 Å². The van der Waals surface area contributed by atoms with Crippen LogP contribution in [0, 0.1) is 23.7 Å². The van der Waals surface area contributed by atoms with Crippen LogP contribution in [0.3, 0.4) is 0 Å². The van der Waals surface area contributed by atoms with Crippen LogP contribution in [-0.4, -0.2) is 22.2 Å². The van der Waals surface area contributed by atoms with Gasteiger partial charge < -0.3 is 10.2 Å². The Morgan fingerprint density at radius 2 is 1.23 bits per heavy atom. The van der Waals surface area contributed by atoms with Crippen molar-refractivity contribution in [2.24, 2.45) is 0 Å². The van der Waals surface area contributed by atoms with E-state index in [1.165, 1.54) is 12.1 Å². The molecular weight excluding hydrogens is 280 g/mol. The minimum absolute atomic E-state index is 0.125. The second-order valence-electron chi connectivity index (χ2n) is 4.28. The number of rotatable bonds is 2. The molecule has 0 amide bonds. The normalized spacial score (nSPS) is 8.91. The molecule has 0 saturated heterocycles. The van der Waals surface area contributed by atoms with Gasteiger partial charge in [0.15, 0.2) is 0 Å². The molecule has 4 nitrogen and oxygen atoms in total. The second kappa shape index (κ2) is 6.78. The molecule has 0 bridgehead atoms. The zero-order chi connectivity index (χ0) is 15.9. The Bertz CT molecular complexity index is 811. The third-order valence-corrected chi connectivity index (χ3v) is 2.68. The van der Waals surface area contributed by atoms with Crippen molar-refractivity contribution in [3.8, 4) is 23.7 Å². The second-order valence-corrected chi connectivity index (χ2v) is 4.28. The fourth-order valence-electron chi connectivity index (χ4n) is 1.68. The van der Waals surface area contributed by atoms with Crippen molar-refractivity contribution >= 4 is 11.9 Å². The van der Waals surface area contributed by atoms with Gasteiger partial charge in [-0.05, 0) is 42.2 Å². The van der Waals surface area contributed by atoms with Gasteiger partial charge in [0.1, 0.15) is 0 Å². The van der Waals surface area contributed by atoms with Crippen molar-refractivity contribution in [3.05, 3.63) is 70.8 Å². The summed E-state index contributed by atoms with van der Waals surface area (Å²) in [6, 6.07) is 13.0. The summed E-state index contributed by atoms with van der Waals surface area (Å²) in [6.07, 6.45) is 0. The molecule has 2 aromatic carbocycles. The Morgan fingerprint density at radius 1 is 0.727 bits per heavy atom. The highest BCUT2D eigenvalue weighted by atomic mass is 16.4. The summed E-state index contributed by atoms with van der Waals surface area (Å²) >= 11 is 0. The number of carbonyl (C=O) groups is 2. The van der Waals surface area contributed by atoms with E-state index in [4.69, 9.17) is 10.2 Å². The van der Waals surface area contributed by atoms with E-state index in [9.17, 15) is 9.59 Å². The van der Waals surface area contributed by atoms with Gasteiger partial charge in [0.25, 0.3) is 0 Å². The number of carboxylic acid groups (broad SMARTS) is 2. The number of carboxylic acids is 2. The fourth-order valence-corrected chi connectivity index (χ4v) is 1.68. The lowest BCUT2D eigenvalue weighted by Gasteiger charge is -1.99. The van der Waals surface area contributed by atoms with Crippen molar-refractivity contribution in [2.75, 3.05) is 0 Å². The van der Waals surface area contributed by atoms with Gasteiger partial charge >= 0.3 is 11.9 Å². The lowest BCUT2D eigenvalue weighted by atomic mass is 10.1. The van der Waals surface area contributed by atoms with Crippen LogP contribution in [0.2, 0.25) is 0 Å². The molecule has 22 heavy (non-hydrogen) atoms. The van der Waals surface area contributed by atoms with Gasteiger partial charge in [0, 0.05) is 11.1 Å². The predicted molar refractivity (Wildman–Crippen MR) is 80.6 cm³/mol. The molecular formula is C18H10O4. The smallest absolute Gasteiger partial charge is 0.335 e. The molecule has 0 aliphatic rings. The van der Waals surface area contributed by atoms with E-state index in [2.05, 4.69) is 23.7 Å². The lowest BCUT2D eigenvalue weighted by Crippen LogP contribution is -2.03. The van der Waals surface area contributed by atoms with Crippen LogP contribution < -0.4 is 0 Å². The quantitative estimate of drug-likeness (QED) is 0.833. The molecule has 4 heteroatoms. The van der Waals surface area contributed by atoms with Gasteiger partial charge in [-0.3, -0.25) is 0 Å². The standard InChI is InChI=1S/C18H10O4/c19-17(20)15-10-14(11-16(12-15)18(21)22)9-5-4-8-13-6-2-1-3-7-13/h1-3,6-7,10-12H,(H,19,20)(H,21,22). The first kappa shape index (κ1) is 14.9. The van der Waals surface area contributed by atoms with Crippen LogP contribution in [0.15, 0.2) is 48.5 Å². The maximum atomic E-state index is 11.0. The van der Waals surface area contributed by atoms with Gasteiger partial charge in [0.05, 0.1) is 11.1 Å². The van der Waals surface area contributed by atoms with Crippen LogP contribution in [0.1, 0.15) is 31.8 Å². The monoisotopic (exact) mass is 290 g/mol. The highest BCUT2D eigenvalue weighted by Gasteiger charge is 2.10. The Morgan fingerprint density at radius 3 is 1.73 bits per heavy atom. The first-order chi connectivity index (χ1) is 10.6. The number of benzene rings is 2. The molecule has 2 rings (SSSR count). The summed E-state index contributed by atoms with van der Waals surface area (Å²) in [5.74, 6) is 8.30. The Kier molecular flexibility index (Phi) is 4.59. The molecule has 0 aliphatic carbocycles. The molecule has 0 aliphatic heterocycles. The van der Waals surface area contributed by atoms with Crippen LogP contribution in [-0.2, 0) is 0 Å². The van der Waals surface area contributed by atoms with E-state index in [0.29, 0.717) is 5.56 Å². The predicted octanol–water partition coefficient (Wildman–Crippen LogP) is 2.49. The lowest BCUT2D eigenvalue weighted by molar-refractivity contribution is 0.0696. The number of aromatic carboxylic acids is 2. The highest BCUT2D eigenvalue weighted by molar-refractivity contribution is 5.94. The molecule has 0 unspecified atom stereocenters. The molecule has 0 aromatic heterocycles. The van der Waals surface area contributed by atoms with Crippen LogP contribution >= 0.6 is 0 Å². The molecule has 2 aromatic rings. The average molecular weight is 290 g/mol. The molecule has 2 N–H and O–H groups in total. The highest BCUT2D eigenvalue weighted by Crippen LogP contribution is 2.10. The van der Waals surface area contributed by atoms with Crippen LogP contribution in [0.4, 0.5) is 0 Å². The Balaban J connectivity index is 2.31. The van der Waals surface area contributed by atoms with E-state index >= 15 is 0 Å². The topological polar surface area (TPSA) is 74.6 Å². The maximum Gasteiger partial charge on any atom is 0.335 e. The van der Waals surface area contributed by atoms with Gasteiger partial charge in [-0.1, -0.05) is 30.0 Å². The van der Waals surface area contributed by atoms with Gasteiger partial charge in [0.2, 0.25) is 0 Å². The third kappa shape index (κ3) is 4.00. The van der Waals surface area contributed by atoms with Gasteiger partial charge in [-0.15, -0.1) is 0 Å². The molecule has 106 valence electrons. The van der Waals surface area contributed by atoms with E-state index < -0.39 is 11.9 Å². The van der Waals surface area contributed by atoms with Crippen LogP contribution in [0.5, 0.6) is 0 Å². The summed E-state index contributed by atoms with van der Waals surface area (Å²) in [7, 11) is 0. The maximum absolute atomic E-state index is 11.0. The van der Waals surface area contributed by atoms with Crippen molar-refractivity contribution in [1.29, 1.82) is 0 Å². The van der Waals surface area contributed by atoms with E-state index in [1.54, 1.807) is 0 Å². The molecule has 0 radical (unpaired) electrons. The molecule has 0 heterocycles. The molecule has 0 saturated carbocycles. The fraction of sp³-hybridized carbons (Fsp3) is 0. The van der Waals surface area contributed by atoms with Gasteiger partial charge in [-0.25, -0.2) is 9.59 Å². The zero-order valence-electron chi connectivity index (χ0n) is 11.3. The number of hydrogen-bond acceptors (Lipinski definition) is 2. The van der Waals surface area contributed by atoms with E-state index in [0.717, 1.165) is 11.6 Å². The minimum Gasteiger partial charge on any atom is -0.478 e. The van der Waals surface area contributed by atoms with Crippen LogP contribution in [0.25, 0.3) is 0 Å². The van der Waals surface area contributed by atoms with Crippen molar-refractivity contribution < 1.29 is 19.8 Å². The van der Waals surface area contributed by atoms with Gasteiger partial charge in [-0.2, -0.15) is 0 Å². The summed E-state index contributed by atoms with van der Waals surface area (Å²) in [5, 5.41) is 17.9. The van der Waals surface area contributed by atoms with E-state index in [1.807, 2.05) is 30.3 Å². The average Bonchev–Trinajstić information content (AvgIpc) is 2.52. The number of hydrogen-bond donors (Lipinski definition) is 2. The van der Waals surface area contributed by atoms with Crippen molar-refractivity contribution in [1.82, 2.24) is 0 Å². The molecule has 0 atom stereocenters. The van der Waals surface area contributed by atoms with E-state index in [-0.39, 0.29) is 11.1 Å². The largest absolute Gasteiger partial charge is 0.478 e. The molecule has 0 spiro atoms. The summed E-state index contributed by atoms with van der Waals surface area (Å²) in [6.45, 7) is 0. The third-order valence-electron chi connectivity index (χ3n) is 2.68. The minimum atomic E-state index is -1.21. The first-order valence-electron chi connectivity index (χ1n) is 6.25. The zero-order valence-corrected chi connectivity index (χ0v) is 11.3. The van der Waals surface area contributed by atoms with Crippen molar-refractivity contribution in [3.63, 3.8) is 0 Å². The Labute approximate surface area is 127 Å². The summed E-state index contributed by atoms with van der Waals surface area (Å²) < 4.78 is 0. The first-order valence-corrected chi connectivity index (χ1v) is 6.25. The summed E-state index contributed by atoms with van der Waals surface area (Å²) in [5.41, 5.74) is 0.849. The Hall–Kier alpha value is -3.50. The molecule has 0 fully saturated rings.